The van der Waals surface area contributed by atoms with Crippen molar-refractivity contribution >= 4 is 54.4 Å². The van der Waals surface area contributed by atoms with Crippen molar-refractivity contribution in [3.63, 3.8) is 0 Å². The Morgan fingerprint density at radius 2 is 1.90 bits per heavy atom. The van der Waals surface area contributed by atoms with Crippen LogP contribution in [-0.4, -0.2) is 0 Å². The van der Waals surface area contributed by atoms with Gasteiger partial charge in [0.1, 0.15) is 11.3 Å². The van der Waals surface area contributed by atoms with Gasteiger partial charge >= 0.3 is 0 Å². The molecule has 21 heavy (non-hydrogen) atoms. The van der Waals surface area contributed by atoms with E-state index in [4.69, 9.17) is 16.0 Å². The molecule has 1 aliphatic rings. The normalized spacial score (nSPS) is 18.0. The summed E-state index contributed by atoms with van der Waals surface area (Å²) in [6.45, 7) is 0. The summed E-state index contributed by atoms with van der Waals surface area (Å²) in [7, 11) is 0. The van der Waals surface area contributed by atoms with Gasteiger partial charge in [0.05, 0.1) is 9.71 Å². The topological polar surface area (TPSA) is 30.2 Å². The van der Waals surface area contributed by atoms with Gasteiger partial charge in [-0.2, -0.15) is 0 Å². The van der Waals surface area contributed by atoms with Crippen LogP contribution in [0.25, 0.3) is 11.0 Å². The zero-order valence-corrected chi connectivity index (χ0v) is 15.4. The predicted octanol–water partition coefficient (Wildman–Crippen LogP) is 5.90. The van der Waals surface area contributed by atoms with E-state index >= 15 is 0 Å². The van der Waals surface area contributed by atoms with Crippen LogP contribution in [0.2, 0.25) is 5.02 Å². The van der Waals surface area contributed by atoms with Crippen LogP contribution in [0.1, 0.15) is 43.4 Å². The fourth-order valence-electron chi connectivity index (χ4n) is 2.97. The van der Waals surface area contributed by atoms with E-state index < -0.39 is 0 Å². The molecule has 2 aromatic rings. The molecular weight excluding hydrogens is 419 g/mol. The molecule has 0 atom stereocenters. The van der Waals surface area contributed by atoms with Crippen molar-refractivity contribution in [3.05, 3.63) is 44.8 Å². The molecule has 1 aliphatic carbocycles. The highest BCUT2D eigenvalue weighted by Gasteiger charge is 2.34. The van der Waals surface area contributed by atoms with E-state index in [9.17, 15) is 4.79 Å². The molecular formula is C16H15Br2ClO2. The fourth-order valence-corrected chi connectivity index (χ4v) is 4.38. The Morgan fingerprint density at radius 3 is 2.57 bits per heavy atom. The molecule has 1 heterocycles. The second kappa shape index (κ2) is 6.05. The van der Waals surface area contributed by atoms with Crippen molar-refractivity contribution in [2.75, 3.05) is 0 Å². The maximum Gasteiger partial charge on any atom is 0.193 e. The van der Waals surface area contributed by atoms with Gasteiger partial charge in [-0.1, -0.05) is 62.7 Å². The lowest BCUT2D eigenvalue weighted by Gasteiger charge is -2.30. The van der Waals surface area contributed by atoms with Gasteiger partial charge in [-0.15, -0.1) is 0 Å². The quantitative estimate of drug-likeness (QED) is 0.551. The maximum absolute atomic E-state index is 12.5. The van der Waals surface area contributed by atoms with Crippen molar-refractivity contribution in [1.82, 2.24) is 0 Å². The molecule has 5 heteroatoms. The third kappa shape index (κ3) is 2.95. The first kappa shape index (κ1) is 15.6. The highest BCUT2D eigenvalue weighted by Crippen LogP contribution is 2.45. The van der Waals surface area contributed by atoms with Crippen LogP contribution < -0.4 is 5.43 Å². The van der Waals surface area contributed by atoms with E-state index in [1.807, 2.05) is 6.07 Å². The summed E-state index contributed by atoms with van der Waals surface area (Å²) < 4.78 is 5.92. The average Bonchev–Trinajstić information content (AvgIpc) is 2.47. The molecule has 3 rings (SSSR count). The third-order valence-corrected chi connectivity index (χ3v) is 6.11. The fraction of sp³-hybridized carbons (Fsp3) is 0.438. The van der Waals surface area contributed by atoms with Gasteiger partial charge in [0, 0.05) is 22.0 Å². The second-order valence-corrected chi connectivity index (χ2v) is 8.09. The summed E-state index contributed by atoms with van der Waals surface area (Å²) in [5.41, 5.74) is 1.52. The summed E-state index contributed by atoms with van der Waals surface area (Å²) in [5, 5.41) is 1.71. The molecule has 0 amide bonds. The third-order valence-electron chi connectivity index (χ3n) is 4.10. The van der Waals surface area contributed by atoms with E-state index in [0.29, 0.717) is 21.3 Å². The molecule has 0 radical (unpaired) electrons. The van der Waals surface area contributed by atoms with Gasteiger partial charge in [0.2, 0.25) is 0 Å². The van der Waals surface area contributed by atoms with Crippen molar-refractivity contribution in [3.8, 4) is 0 Å². The Hall–Kier alpha value is -0.320. The minimum absolute atomic E-state index is 0.0275. The molecule has 112 valence electrons. The maximum atomic E-state index is 12.5. The molecule has 1 fully saturated rings. The summed E-state index contributed by atoms with van der Waals surface area (Å²) in [6, 6.07) is 5.14. The first-order valence-electron chi connectivity index (χ1n) is 7.05. The van der Waals surface area contributed by atoms with E-state index in [2.05, 4.69) is 31.9 Å². The van der Waals surface area contributed by atoms with E-state index in [1.165, 1.54) is 6.42 Å². The van der Waals surface area contributed by atoms with Crippen LogP contribution >= 0.6 is 43.5 Å². The molecule has 2 nitrogen and oxygen atoms in total. The number of hydrogen-bond donors (Lipinski definition) is 0. The van der Waals surface area contributed by atoms with Crippen molar-refractivity contribution < 1.29 is 4.42 Å². The smallest absolute Gasteiger partial charge is 0.193 e. The molecule has 0 N–H and O–H groups in total. The zero-order valence-electron chi connectivity index (χ0n) is 11.4. The van der Waals surface area contributed by atoms with Gasteiger partial charge in [-0.3, -0.25) is 4.79 Å². The van der Waals surface area contributed by atoms with Gasteiger partial charge in [0.15, 0.2) is 5.43 Å². The molecule has 1 saturated carbocycles. The molecule has 0 bridgehead atoms. The lowest BCUT2D eigenvalue weighted by Crippen LogP contribution is -2.23. The van der Waals surface area contributed by atoms with E-state index in [-0.39, 0.29) is 9.75 Å². The number of benzene rings is 1. The van der Waals surface area contributed by atoms with Crippen molar-refractivity contribution in [1.29, 1.82) is 0 Å². The first-order chi connectivity index (χ1) is 10.0. The van der Waals surface area contributed by atoms with Gasteiger partial charge in [-0.25, -0.2) is 0 Å². The summed E-state index contributed by atoms with van der Waals surface area (Å²) in [5.74, 6) is 0.740. The minimum atomic E-state index is -0.207. The summed E-state index contributed by atoms with van der Waals surface area (Å²) in [6.07, 6.45) is 5.54. The number of rotatable bonds is 2. The van der Waals surface area contributed by atoms with Crippen LogP contribution in [0.3, 0.4) is 0 Å². The summed E-state index contributed by atoms with van der Waals surface area (Å²) >= 11 is 13.3. The largest absolute Gasteiger partial charge is 0.459 e. The van der Waals surface area contributed by atoms with Gasteiger partial charge in [-0.05, 0) is 25.0 Å². The SMILES string of the molecule is O=c1cc(C2(Br)CCCCC2)oc2c(CBr)cc(Cl)cc12. The lowest BCUT2D eigenvalue weighted by molar-refractivity contribution is 0.354. The zero-order chi connectivity index (χ0) is 15.0. The molecule has 1 aromatic carbocycles. The second-order valence-electron chi connectivity index (χ2n) is 5.58. The Kier molecular flexibility index (Phi) is 4.49. The average molecular weight is 435 g/mol. The molecule has 0 spiro atoms. The van der Waals surface area contributed by atoms with Crippen LogP contribution in [0.15, 0.2) is 27.4 Å². The predicted molar refractivity (Wildman–Crippen MR) is 93.8 cm³/mol. The minimum Gasteiger partial charge on any atom is -0.459 e. The first-order valence-corrected chi connectivity index (χ1v) is 9.34. The molecule has 0 saturated heterocycles. The van der Waals surface area contributed by atoms with Crippen LogP contribution in [-0.2, 0) is 9.65 Å². The van der Waals surface area contributed by atoms with Crippen LogP contribution in [0, 0.1) is 0 Å². The number of fused-ring (bicyclic) bond motifs is 1. The molecule has 1 aromatic heterocycles. The Balaban J connectivity index is 2.22. The van der Waals surface area contributed by atoms with Gasteiger partial charge < -0.3 is 4.42 Å². The molecule has 0 unspecified atom stereocenters. The highest BCUT2D eigenvalue weighted by atomic mass is 79.9. The van der Waals surface area contributed by atoms with Crippen molar-refractivity contribution in [2.45, 2.75) is 41.8 Å². The monoisotopic (exact) mass is 432 g/mol. The highest BCUT2D eigenvalue weighted by molar-refractivity contribution is 9.09. The molecule has 0 aliphatic heterocycles. The van der Waals surface area contributed by atoms with Crippen molar-refractivity contribution in [2.24, 2.45) is 0 Å². The van der Waals surface area contributed by atoms with Gasteiger partial charge in [0.25, 0.3) is 0 Å². The number of hydrogen-bond acceptors (Lipinski definition) is 2. The Bertz CT molecular complexity index is 733. The van der Waals surface area contributed by atoms with E-state index in [0.717, 1.165) is 37.0 Å². The lowest BCUT2D eigenvalue weighted by atomic mass is 9.87. The standard InChI is InChI=1S/C16H15Br2ClO2/c17-9-10-6-11(19)7-12-13(20)8-14(21-15(10)12)16(18)4-2-1-3-5-16/h6-8H,1-5,9H2. The number of alkyl halides is 2. The Morgan fingerprint density at radius 1 is 1.19 bits per heavy atom. The van der Waals surface area contributed by atoms with Crippen LogP contribution in [0.4, 0.5) is 0 Å². The number of halogens is 3. The summed E-state index contributed by atoms with van der Waals surface area (Å²) in [4.78, 5) is 12.5. The van der Waals surface area contributed by atoms with Crippen LogP contribution in [0.5, 0.6) is 0 Å². The van der Waals surface area contributed by atoms with E-state index in [1.54, 1.807) is 12.1 Å². The Labute approximate surface area is 145 Å².